The predicted molar refractivity (Wildman–Crippen MR) is 93.2 cm³/mol. The molecule has 0 N–H and O–H groups in total. The van der Waals surface area contributed by atoms with Crippen LogP contribution in [0.1, 0.15) is 17.0 Å². The lowest BCUT2D eigenvalue weighted by molar-refractivity contribution is 0.393. The van der Waals surface area contributed by atoms with Crippen molar-refractivity contribution in [1.29, 1.82) is 0 Å². The fourth-order valence-electron chi connectivity index (χ4n) is 3.16. The Morgan fingerprint density at radius 3 is 2.83 bits per heavy atom. The fourth-order valence-corrected chi connectivity index (χ4v) is 5.12. The molecule has 9 heteroatoms. The molecule has 2 aliphatic rings. The summed E-state index contributed by atoms with van der Waals surface area (Å²) in [6, 6.07) is 7.18. The van der Waals surface area contributed by atoms with Gasteiger partial charge in [0.05, 0.1) is 0 Å². The maximum Gasteiger partial charge on any atom is 0.285 e. The Morgan fingerprint density at radius 1 is 1.29 bits per heavy atom. The van der Waals surface area contributed by atoms with E-state index in [0.29, 0.717) is 16.3 Å². The molecule has 0 saturated carbocycles. The SMILES string of the molecule is Cc1nnc(N2CCC(N(C)C3=NS(=O)(=O)c4ccccc43)C2)s1. The van der Waals surface area contributed by atoms with Gasteiger partial charge in [-0.05, 0) is 25.5 Å². The lowest BCUT2D eigenvalue weighted by Crippen LogP contribution is -2.39. The predicted octanol–water partition coefficient (Wildman–Crippen LogP) is 1.51. The van der Waals surface area contributed by atoms with E-state index in [2.05, 4.69) is 19.5 Å². The van der Waals surface area contributed by atoms with Crippen LogP contribution in [0.4, 0.5) is 5.13 Å². The number of hydrogen-bond donors (Lipinski definition) is 0. The average Bonchev–Trinajstić information content (AvgIpc) is 3.25. The first-order chi connectivity index (χ1) is 11.5. The summed E-state index contributed by atoms with van der Waals surface area (Å²) in [6.07, 6.45) is 0.927. The topological polar surface area (TPSA) is 78.8 Å². The quantitative estimate of drug-likeness (QED) is 0.805. The van der Waals surface area contributed by atoms with Gasteiger partial charge in [0.1, 0.15) is 9.90 Å². The molecule has 1 fully saturated rings. The van der Waals surface area contributed by atoms with Crippen LogP contribution in [0.25, 0.3) is 0 Å². The molecular weight excluding hydrogens is 346 g/mol. The van der Waals surface area contributed by atoms with Crippen LogP contribution in [-0.2, 0) is 10.0 Å². The van der Waals surface area contributed by atoms with Crippen molar-refractivity contribution in [3.8, 4) is 0 Å². The van der Waals surface area contributed by atoms with E-state index in [4.69, 9.17) is 0 Å². The Bertz CT molecular complexity index is 921. The van der Waals surface area contributed by atoms with Crippen molar-refractivity contribution in [3.63, 3.8) is 0 Å². The molecule has 1 unspecified atom stereocenters. The standard InChI is InChI=1S/C15H17N5O2S2/c1-10-16-17-15(23-10)20-8-7-11(9-20)19(2)14-12-5-3-4-6-13(12)24(21,22)18-14/h3-6,11H,7-9H2,1-2H3. The minimum Gasteiger partial charge on any atom is -0.354 e. The Balaban J connectivity index is 1.58. The second-order valence-electron chi connectivity index (χ2n) is 5.99. The first-order valence-electron chi connectivity index (χ1n) is 7.68. The van der Waals surface area contributed by atoms with Crippen LogP contribution in [-0.4, -0.2) is 55.5 Å². The van der Waals surface area contributed by atoms with Crippen LogP contribution in [0, 0.1) is 6.92 Å². The minimum atomic E-state index is -3.58. The number of anilines is 1. The van der Waals surface area contributed by atoms with E-state index in [1.54, 1.807) is 23.5 Å². The molecule has 0 amide bonds. The number of amidine groups is 1. The summed E-state index contributed by atoms with van der Waals surface area (Å²) >= 11 is 1.58. The highest BCUT2D eigenvalue weighted by Gasteiger charge is 2.35. The molecule has 4 rings (SSSR count). The Hall–Kier alpha value is -2.00. The fraction of sp³-hybridized carbons (Fsp3) is 0.400. The van der Waals surface area contributed by atoms with Crippen LogP contribution in [0.5, 0.6) is 0 Å². The number of sulfonamides is 1. The molecular formula is C15H17N5O2S2. The van der Waals surface area contributed by atoms with Gasteiger partial charge in [-0.2, -0.15) is 8.42 Å². The van der Waals surface area contributed by atoms with Gasteiger partial charge >= 0.3 is 0 Å². The monoisotopic (exact) mass is 363 g/mol. The van der Waals surface area contributed by atoms with Gasteiger partial charge in [-0.3, -0.25) is 0 Å². The highest BCUT2D eigenvalue weighted by molar-refractivity contribution is 7.90. The van der Waals surface area contributed by atoms with E-state index in [0.717, 1.165) is 29.6 Å². The van der Waals surface area contributed by atoms with Crippen LogP contribution < -0.4 is 4.90 Å². The number of fused-ring (bicyclic) bond motifs is 1. The Morgan fingerprint density at radius 2 is 2.08 bits per heavy atom. The van der Waals surface area contributed by atoms with E-state index in [1.165, 1.54) is 0 Å². The third-order valence-electron chi connectivity index (χ3n) is 4.44. The van der Waals surface area contributed by atoms with Gasteiger partial charge in [-0.1, -0.05) is 23.5 Å². The van der Waals surface area contributed by atoms with Gasteiger partial charge < -0.3 is 9.80 Å². The molecule has 0 bridgehead atoms. The molecule has 0 spiro atoms. The van der Waals surface area contributed by atoms with Crippen molar-refractivity contribution in [2.24, 2.45) is 4.40 Å². The smallest absolute Gasteiger partial charge is 0.285 e. The molecule has 1 atom stereocenters. The molecule has 3 heterocycles. The second-order valence-corrected chi connectivity index (χ2v) is 8.72. The summed E-state index contributed by atoms with van der Waals surface area (Å²) in [4.78, 5) is 4.47. The maximum atomic E-state index is 12.2. The number of likely N-dealkylation sites (N-methyl/N-ethyl adjacent to an activating group) is 1. The van der Waals surface area contributed by atoms with Crippen molar-refractivity contribution in [3.05, 3.63) is 34.8 Å². The molecule has 126 valence electrons. The summed E-state index contributed by atoms with van der Waals surface area (Å²) in [5.41, 5.74) is 0.685. The van der Waals surface area contributed by atoms with Gasteiger partial charge in [0.25, 0.3) is 10.0 Å². The van der Waals surface area contributed by atoms with Gasteiger partial charge in [0, 0.05) is 31.7 Å². The molecule has 1 saturated heterocycles. The number of hydrogen-bond acceptors (Lipinski definition) is 7. The van der Waals surface area contributed by atoms with Crippen molar-refractivity contribution in [2.75, 3.05) is 25.0 Å². The molecule has 1 aromatic carbocycles. The largest absolute Gasteiger partial charge is 0.354 e. The van der Waals surface area contributed by atoms with Crippen molar-refractivity contribution < 1.29 is 8.42 Å². The van der Waals surface area contributed by atoms with Crippen LogP contribution in [0.15, 0.2) is 33.6 Å². The summed E-state index contributed by atoms with van der Waals surface area (Å²) < 4.78 is 28.5. The summed E-state index contributed by atoms with van der Waals surface area (Å²) in [5.74, 6) is 0.533. The summed E-state index contributed by atoms with van der Waals surface area (Å²) in [6.45, 7) is 3.60. The zero-order valence-electron chi connectivity index (χ0n) is 13.4. The summed E-state index contributed by atoms with van der Waals surface area (Å²) in [7, 11) is -1.67. The van der Waals surface area contributed by atoms with Crippen molar-refractivity contribution in [1.82, 2.24) is 15.1 Å². The zero-order valence-corrected chi connectivity index (χ0v) is 15.0. The minimum absolute atomic E-state index is 0.189. The van der Waals surface area contributed by atoms with Crippen LogP contribution in [0.2, 0.25) is 0 Å². The number of benzene rings is 1. The number of nitrogens with zero attached hydrogens (tertiary/aromatic N) is 5. The van der Waals surface area contributed by atoms with Gasteiger partial charge in [0.2, 0.25) is 5.13 Å². The first kappa shape index (κ1) is 15.5. The molecule has 0 aliphatic carbocycles. The number of aromatic nitrogens is 2. The van der Waals surface area contributed by atoms with E-state index < -0.39 is 10.0 Å². The average molecular weight is 363 g/mol. The maximum absolute atomic E-state index is 12.2. The summed E-state index contributed by atoms with van der Waals surface area (Å²) in [5, 5.41) is 10.1. The highest BCUT2D eigenvalue weighted by atomic mass is 32.2. The molecule has 7 nitrogen and oxygen atoms in total. The molecule has 2 aromatic rings. The van der Waals surface area contributed by atoms with Gasteiger partial charge in [0.15, 0.2) is 5.84 Å². The normalized spacial score (nSPS) is 21.7. The highest BCUT2D eigenvalue weighted by Crippen LogP contribution is 2.30. The molecule has 0 radical (unpaired) electrons. The van der Waals surface area contributed by atoms with Crippen molar-refractivity contribution >= 4 is 32.3 Å². The lowest BCUT2D eigenvalue weighted by atomic mass is 10.1. The molecule has 24 heavy (non-hydrogen) atoms. The Kier molecular flexibility index (Phi) is 3.57. The zero-order chi connectivity index (χ0) is 16.9. The molecule has 1 aromatic heterocycles. The van der Waals surface area contributed by atoms with Crippen LogP contribution >= 0.6 is 11.3 Å². The van der Waals surface area contributed by atoms with Crippen LogP contribution in [0.3, 0.4) is 0 Å². The van der Waals surface area contributed by atoms with Gasteiger partial charge in [-0.15, -0.1) is 14.6 Å². The third kappa shape index (κ3) is 2.48. The van der Waals surface area contributed by atoms with E-state index in [9.17, 15) is 8.42 Å². The Labute approximate surface area is 144 Å². The third-order valence-corrected chi connectivity index (χ3v) is 6.67. The van der Waals surface area contributed by atoms with E-state index in [-0.39, 0.29) is 6.04 Å². The number of aryl methyl sites for hydroxylation is 1. The molecule has 2 aliphatic heterocycles. The van der Waals surface area contributed by atoms with E-state index in [1.807, 2.05) is 31.0 Å². The first-order valence-corrected chi connectivity index (χ1v) is 9.93. The number of rotatable bonds is 2. The van der Waals surface area contributed by atoms with E-state index >= 15 is 0 Å². The lowest BCUT2D eigenvalue weighted by Gasteiger charge is -2.26. The second kappa shape index (κ2) is 5.52. The van der Waals surface area contributed by atoms with Crippen molar-refractivity contribution in [2.45, 2.75) is 24.3 Å². The van der Waals surface area contributed by atoms with Gasteiger partial charge in [-0.25, -0.2) is 0 Å².